The largest absolute Gasteiger partial charge is 1.00 e. The van der Waals surface area contributed by atoms with Gasteiger partial charge in [0.2, 0.25) is 0 Å². The Balaban J connectivity index is -0.0000000933. The van der Waals surface area contributed by atoms with Crippen LogP contribution in [0, 0.1) is 0 Å². The second kappa shape index (κ2) is 18.6. The quantitative estimate of drug-likeness (QED) is 0.376. The number of aliphatic hydroxyl groups is 2. The zero-order chi connectivity index (χ0) is 15.6. The van der Waals surface area contributed by atoms with E-state index in [9.17, 15) is 29.7 Å². The summed E-state index contributed by atoms with van der Waals surface area (Å²) in [7, 11) is 0. The summed E-state index contributed by atoms with van der Waals surface area (Å²) in [5, 5.41) is 47.5. The maximum atomic E-state index is 10.1. The summed E-state index contributed by atoms with van der Waals surface area (Å²) < 4.78 is 0. The van der Waals surface area contributed by atoms with E-state index in [4.69, 9.17) is 15.9 Å². The predicted molar refractivity (Wildman–Crippen MR) is 54.6 cm³/mol. The molecule has 1 unspecified atom stereocenters. The smallest absolute Gasteiger partial charge is 0.550 e. The summed E-state index contributed by atoms with van der Waals surface area (Å²) >= 11 is 0. The van der Waals surface area contributed by atoms with Crippen molar-refractivity contribution in [2.45, 2.75) is 37.9 Å². The number of hydrogen-bond donors (Lipinski definition) is 3. The van der Waals surface area contributed by atoms with Gasteiger partial charge in [0.25, 0.3) is 0 Å². The molecular weight excluding hydrogens is 331 g/mol. The third kappa shape index (κ3) is 19.3. The summed E-state index contributed by atoms with van der Waals surface area (Å²) in [6, 6.07) is 0. The Kier molecular flexibility index (Phi) is 29.3. The van der Waals surface area contributed by atoms with E-state index in [-0.39, 0.29) is 94.8 Å². The molecule has 1 atom stereocenters. The third-order valence-electron chi connectivity index (χ3n) is 2.00. The second-order valence-electron chi connectivity index (χ2n) is 3.71. The number of aliphatic hydroxyl groups excluding tert-OH is 1. The Bertz CT molecular complexity index is 309. The SMILES string of the molecule is CCC(O)CN.O=C([O-])CC(O)(CC(=O)[O-])C(=O)[O-].[Na+].[Na+].[Na+]. The van der Waals surface area contributed by atoms with E-state index in [0.717, 1.165) is 6.42 Å². The van der Waals surface area contributed by atoms with Gasteiger partial charge in [0.1, 0.15) is 5.60 Å². The van der Waals surface area contributed by atoms with Gasteiger partial charge in [-0.3, -0.25) is 0 Å². The van der Waals surface area contributed by atoms with Crippen molar-refractivity contribution in [1.82, 2.24) is 0 Å². The molecule has 9 nitrogen and oxygen atoms in total. The zero-order valence-corrected chi connectivity index (χ0v) is 19.3. The molecule has 4 N–H and O–H groups in total. The number of carbonyl (C=O) groups is 3. The first-order chi connectivity index (χ1) is 8.58. The molecule has 0 heterocycles. The van der Waals surface area contributed by atoms with Crippen molar-refractivity contribution in [2.75, 3.05) is 6.54 Å². The number of carboxylic acid groups (broad SMARTS) is 3. The average molecular weight is 347 g/mol. The van der Waals surface area contributed by atoms with Gasteiger partial charge in [-0.15, -0.1) is 0 Å². The van der Waals surface area contributed by atoms with E-state index in [1.54, 1.807) is 0 Å². The summed E-state index contributed by atoms with van der Waals surface area (Å²) in [6.45, 7) is 2.29. The van der Waals surface area contributed by atoms with Gasteiger partial charge in [-0.25, -0.2) is 0 Å². The van der Waals surface area contributed by atoms with E-state index in [0.29, 0.717) is 6.54 Å². The molecule has 112 valence electrons. The Morgan fingerprint density at radius 1 is 1.05 bits per heavy atom. The van der Waals surface area contributed by atoms with Gasteiger partial charge < -0.3 is 45.6 Å². The molecule has 0 saturated heterocycles. The molecule has 12 heteroatoms. The van der Waals surface area contributed by atoms with E-state index >= 15 is 0 Å². The maximum Gasteiger partial charge on any atom is 1.00 e. The van der Waals surface area contributed by atoms with Gasteiger partial charge >= 0.3 is 88.7 Å². The Morgan fingerprint density at radius 3 is 1.45 bits per heavy atom. The van der Waals surface area contributed by atoms with Gasteiger partial charge in [0.05, 0.1) is 12.1 Å². The van der Waals surface area contributed by atoms with Crippen molar-refractivity contribution in [2.24, 2.45) is 5.73 Å². The van der Waals surface area contributed by atoms with E-state index in [1.165, 1.54) is 0 Å². The van der Waals surface area contributed by atoms with Crippen LogP contribution < -0.4 is 110 Å². The third-order valence-corrected chi connectivity index (χ3v) is 2.00. The number of carboxylic acids is 3. The van der Waals surface area contributed by atoms with Crippen molar-refractivity contribution in [3.8, 4) is 0 Å². The number of nitrogens with two attached hydrogens (primary N) is 1. The Morgan fingerprint density at radius 2 is 1.36 bits per heavy atom. The molecule has 0 aliphatic rings. The first-order valence-electron chi connectivity index (χ1n) is 5.30. The Hall–Kier alpha value is 1.29. The molecule has 0 radical (unpaired) electrons. The van der Waals surface area contributed by atoms with Crippen LogP contribution in [0.5, 0.6) is 0 Å². The molecule has 0 aromatic rings. The standard InChI is InChI=1S/C6H8O7.C4H11NO.3Na/c7-3(8)1-6(13,5(11)12)2-4(9)10;1-2-4(6)3-5;;;/h13H,1-2H2,(H,7,8)(H,9,10)(H,11,12);4,6H,2-3,5H2,1H3;;;/q;;3*+1/p-3. The van der Waals surface area contributed by atoms with Crippen molar-refractivity contribution >= 4 is 17.9 Å². The summed E-state index contributed by atoms with van der Waals surface area (Å²) in [6.07, 6.45) is -2.24. The van der Waals surface area contributed by atoms with Crippen LogP contribution in [-0.2, 0) is 14.4 Å². The summed E-state index contributed by atoms with van der Waals surface area (Å²) in [4.78, 5) is 30.0. The average Bonchev–Trinajstić information content (AvgIpc) is 2.26. The van der Waals surface area contributed by atoms with E-state index in [1.807, 2.05) is 6.92 Å². The first-order valence-corrected chi connectivity index (χ1v) is 5.30. The van der Waals surface area contributed by atoms with Crippen LogP contribution >= 0.6 is 0 Å². The summed E-state index contributed by atoms with van der Waals surface area (Å²) in [5.41, 5.74) is 2.06. The van der Waals surface area contributed by atoms with E-state index < -0.39 is 36.4 Å². The van der Waals surface area contributed by atoms with Crippen molar-refractivity contribution in [3.63, 3.8) is 0 Å². The fourth-order valence-electron chi connectivity index (χ4n) is 0.851. The van der Waals surface area contributed by atoms with Gasteiger partial charge in [-0.1, -0.05) is 6.92 Å². The zero-order valence-electron chi connectivity index (χ0n) is 13.3. The van der Waals surface area contributed by atoms with Crippen LogP contribution in [-0.4, -0.2) is 46.4 Å². The van der Waals surface area contributed by atoms with Gasteiger partial charge in [0, 0.05) is 31.3 Å². The van der Waals surface area contributed by atoms with Gasteiger partial charge in [-0.2, -0.15) is 0 Å². The molecule has 0 aliphatic carbocycles. The first kappa shape index (κ1) is 34.6. The fourth-order valence-corrected chi connectivity index (χ4v) is 0.851. The molecule has 0 spiro atoms. The molecule has 0 bridgehead atoms. The predicted octanol–water partition coefficient (Wildman–Crippen LogP) is -14.5. The number of hydrogen-bond acceptors (Lipinski definition) is 9. The molecular formula is C10H16NNa3O8. The van der Waals surface area contributed by atoms with Crippen LogP contribution in [0.2, 0.25) is 0 Å². The molecule has 0 amide bonds. The minimum Gasteiger partial charge on any atom is -0.550 e. The normalized spacial score (nSPS) is 10.4. The number of carbonyl (C=O) groups excluding carboxylic acids is 3. The number of rotatable bonds is 7. The van der Waals surface area contributed by atoms with Gasteiger partial charge in [-0.05, 0) is 6.42 Å². The fraction of sp³-hybridized carbons (Fsp3) is 0.700. The van der Waals surface area contributed by atoms with Crippen molar-refractivity contribution in [1.29, 1.82) is 0 Å². The van der Waals surface area contributed by atoms with Crippen molar-refractivity contribution < 1.29 is 129 Å². The molecule has 0 rings (SSSR count). The number of aliphatic carboxylic acids is 3. The van der Waals surface area contributed by atoms with E-state index in [2.05, 4.69) is 0 Å². The maximum absolute atomic E-state index is 10.1. The van der Waals surface area contributed by atoms with Crippen molar-refractivity contribution in [3.05, 3.63) is 0 Å². The van der Waals surface area contributed by atoms with Gasteiger partial charge in [0.15, 0.2) is 0 Å². The van der Waals surface area contributed by atoms with Crippen LogP contribution in [0.1, 0.15) is 26.2 Å². The van der Waals surface area contributed by atoms with Crippen LogP contribution in [0.25, 0.3) is 0 Å². The Labute approximate surface area is 194 Å². The molecule has 0 aliphatic heterocycles. The minimum atomic E-state index is -2.97. The minimum absolute atomic E-state index is 0. The molecule has 0 aromatic carbocycles. The molecule has 0 fully saturated rings. The molecule has 0 saturated carbocycles. The van der Waals surface area contributed by atoms with Crippen LogP contribution in [0.4, 0.5) is 0 Å². The van der Waals surface area contributed by atoms with Crippen LogP contribution in [0.3, 0.4) is 0 Å². The molecule has 0 aromatic heterocycles. The second-order valence-corrected chi connectivity index (χ2v) is 3.71. The summed E-state index contributed by atoms with van der Waals surface area (Å²) in [5.74, 6) is -5.98. The monoisotopic (exact) mass is 347 g/mol. The molecule has 22 heavy (non-hydrogen) atoms. The van der Waals surface area contributed by atoms with Crippen LogP contribution in [0.15, 0.2) is 0 Å². The topological polar surface area (TPSA) is 187 Å².